The Bertz CT molecular complexity index is 576. The van der Waals surface area contributed by atoms with Gasteiger partial charge in [-0.3, -0.25) is 9.67 Å². The fourth-order valence-electron chi connectivity index (χ4n) is 2.03. The summed E-state index contributed by atoms with van der Waals surface area (Å²) in [6.07, 6.45) is 3.82. The van der Waals surface area contributed by atoms with Crippen LogP contribution < -0.4 is 5.73 Å². The molecule has 0 saturated carbocycles. The van der Waals surface area contributed by atoms with Crippen molar-refractivity contribution in [1.82, 2.24) is 14.8 Å². The van der Waals surface area contributed by atoms with Crippen molar-refractivity contribution >= 4 is 5.69 Å². The summed E-state index contributed by atoms with van der Waals surface area (Å²) in [5, 5.41) is 4.54. The van der Waals surface area contributed by atoms with Crippen LogP contribution in [0.25, 0.3) is 11.3 Å². The number of nitrogen functional groups attached to an aromatic ring is 1. The molecule has 0 radical (unpaired) electrons. The Hall–Kier alpha value is -1.84. The molecule has 0 aromatic carbocycles. The largest absolute Gasteiger partial charge is 0.397 e. The van der Waals surface area contributed by atoms with Gasteiger partial charge >= 0.3 is 0 Å². The van der Waals surface area contributed by atoms with E-state index >= 15 is 0 Å². The van der Waals surface area contributed by atoms with Crippen LogP contribution >= 0.6 is 0 Å². The first-order valence-electron chi connectivity index (χ1n) is 6.05. The van der Waals surface area contributed by atoms with Crippen LogP contribution in [0.3, 0.4) is 0 Å². The van der Waals surface area contributed by atoms with E-state index in [9.17, 15) is 0 Å². The maximum atomic E-state index is 6.08. The highest BCUT2D eigenvalue weighted by atomic mass is 15.3. The van der Waals surface area contributed by atoms with E-state index in [4.69, 9.17) is 5.73 Å². The number of rotatable bonds is 1. The van der Waals surface area contributed by atoms with Gasteiger partial charge in [-0.1, -0.05) is 20.8 Å². The normalized spacial score (nSPS) is 11.8. The quantitative estimate of drug-likeness (QED) is 0.839. The fourth-order valence-corrected chi connectivity index (χ4v) is 2.03. The smallest absolute Gasteiger partial charge is 0.0965 e. The first kappa shape index (κ1) is 12.6. The van der Waals surface area contributed by atoms with Crippen LogP contribution in [-0.2, 0) is 12.5 Å². The number of aryl methyl sites for hydroxylation is 2. The summed E-state index contributed by atoms with van der Waals surface area (Å²) in [6, 6.07) is 1.95. The fraction of sp³-hybridized carbons (Fsp3) is 0.429. The summed E-state index contributed by atoms with van der Waals surface area (Å²) in [7, 11) is 1.92. The standard InChI is InChI=1S/C14H20N4/c1-9-6-11(15)12(16-7-9)10-8-18(5)17-13(10)14(2,3)4/h6-8H,15H2,1-5H3. The SMILES string of the molecule is Cc1cnc(-c2cn(C)nc2C(C)(C)C)c(N)c1. The maximum Gasteiger partial charge on any atom is 0.0965 e. The molecule has 4 heteroatoms. The second-order valence-electron chi connectivity index (χ2n) is 5.77. The molecule has 2 aromatic heterocycles. The molecule has 0 aliphatic rings. The van der Waals surface area contributed by atoms with Crippen molar-refractivity contribution in [3.8, 4) is 11.3 Å². The summed E-state index contributed by atoms with van der Waals surface area (Å²) in [4.78, 5) is 4.46. The van der Waals surface area contributed by atoms with Gasteiger partial charge < -0.3 is 5.73 Å². The molecule has 0 aliphatic heterocycles. The minimum atomic E-state index is -0.0321. The van der Waals surface area contributed by atoms with Crippen molar-refractivity contribution < 1.29 is 0 Å². The lowest BCUT2D eigenvalue weighted by molar-refractivity contribution is 0.554. The molecular formula is C14H20N4. The van der Waals surface area contributed by atoms with E-state index < -0.39 is 0 Å². The minimum absolute atomic E-state index is 0.0321. The van der Waals surface area contributed by atoms with Crippen LogP contribution in [0.1, 0.15) is 32.0 Å². The van der Waals surface area contributed by atoms with E-state index in [0.29, 0.717) is 5.69 Å². The molecule has 0 bridgehead atoms. The minimum Gasteiger partial charge on any atom is -0.397 e. The zero-order valence-electron chi connectivity index (χ0n) is 11.7. The first-order valence-corrected chi connectivity index (χ1v) is 6.05. The predicted molar refractivity (Wildman–Crippen MR) is 74.3 cm³/mol. The van der Waals surface area contributed by atoms with Crippen molar-refractivity contribution in [3.63, 3.8) is 0 Å². The average molecular weight is 244 g/mol. The van der Waals surface area contributed by atoms with Crippen LogP contribution in [0.2, 0.25) is 0 Å². The number of nitrogens with zero attached hydrogens (tertiary/aromatic N) is 3. The van der Waals surface area contributed by atoms with E-state index in [2.05, 4.69) is 30.9 Å². The molecule has 0 fully saturated rings. The molecule has 0 atom stereocenters. The molecule has 0 saturated heterocycles. The molecule has 4 nitrogen and oxygen atoms in total. The van der Waals surface area contributed by atoms with Crippen molar-refractivity contribution in [2.45, 2.75) is 33.1 Å². The first-order chi connectivity index (χ1) is 8.29. The zero-order valence-corrected chi connectivity index (χ0v) is 11.7. The lowest BCUT2D eigenvalue weighted by atomic mass is 9.88. The van der Waals surface area contributed by atoms with Crippen LogP contribution in [0.5, 0.6) is 0 Å². The molecular weight excluding hydrogens is 224 g/mol. The molecule has 0 aliphatic carbocycles. The number of anilines is 1. The van der Waals surface area contributed by atoms with Gasteiger partial charge in [-0.2, -0.15) is 5.10 Å². The molecule has 0 unspecified atom stereocenters. The Morgan fingerprint density at radius 3 is 2.50 bits per heavy atom. The third-order valence-corrected chi connectivity index (χ3v) is 2.85. The van der Waals surface area contributed by atoms with Crippen LogP contribution in [-0.4, -0.2) is 14.8 Å². The highest BCUT2D eigenvalue weighted by Gasteiger charge is 2.24. The van der Waals surface area contributed by atoms with E-state index in [1.165, 1.54) is 0 Å². The van der Waals surface area contributed by atoms with Crippen molar-refractivity contribution in [2.24, 2.45) is 7.05 Å². The van der Waals surface area contributed by atoms with E-state index in [1.807, 2.05) is 37.1 Å². The van der Waals surface area contributed by atoms with Gasteiger partial charge in [0.25, 0.3) is 0 Å². The number of pyridine rings is 1. The van der Waals surface area contributed by atoms with Gasteiger partial charge in [0.15, 0.2) is 0 Å². The van der Waals surface area contributed by atoms with Gasteiger partial charge in [0.1, 0.15) is 0 Å². The molecule has 2 rings (SSSR count). The van der Waals surface area contributed by atoms with Gasteiger partial charge in [0, 0.05) is 30.4 Å². The highest BCUT2D eigenvalue weighted by molar-refractivity contribution is 5.74. The molecule has 0 spiro atoms. The van der Waals surface area contributed by atoms with E-state index in [0.717, 1.165) is 22.5 Å². The van der Waals surface area contributed by atoms with Crippen molar-refractivity contribution in [3.05, 3.63) is 29.7 Å². The lowest BCUT2D eigenvalue weighted by Crippen LogP contribution is -2.14. The molecule has 96 valence electrons. The van der Waals surface area contributed by atoms with Gasteiger partial charge in [-0.05, 0) is 18.6 Å². The van der Waals surface area contributed by atoms with Gasteiger partial charge in [0.2, 0.25) is 0 Å². The van der Waals surface area contributed by atoms with Crippen LogP contribution in [0, 0.1) is 6.92 Å². The predicted octanol–water partition coefficient (Wildman–Crippen LogP) is 2.67. The summed E-state index contributed by atoms with van der Waals surface area (Å²) < 4.78 is 1.82. The molecule has 2 aromatic rings. The number of hydrogen-bond donors (Lipinski definition) is 1. The van der Waals surface area contributed by atoms with Gasteiger partial charge in [0.05, 0.1) is 17.1 Å². The van der Waals surface area contributed by atoms with E-state index in [-0.39, 0.29) is 5.41 Å². The Labute approximate surface area is 108 Å². The third-order valence-electron chi connectivity index (χ3n) is 2.85. The maximum absolute atomic E-state index is 6.08. The number of nitrogens with two attached hydrogens (primary N) is 1. The summed E-state index contributed by atoms with van der Waals surface area (Å²) >= 11 is 0. The molecule has 2 heterocycles. The van der Waals surface area contributed by atoms with Gasteiger partial charge in [-0.15, -0.1) is 0 Å². The Balaban J connectivity index is 2.64. The Morgan fingerprint density at radius 2 is 1.94 bits per heavy atom. The Morgan fingerprint density at radius 1 is 1.28 bits per heavy atom. The monoisotopic (exact) mass is 244 g/mol. The third kappa shape index (κ3) is 2.23. The van der Waals surface area contributed by atoms with Crippen LogP contribution in [0.15, 0.2) is 18.5 Å². The average Bonchev–Trinajstić information content (AvgIpc) is 2.59. The second-order valence-corrected chi connectivity index (χ2v) is 5.77. The highest BCUT2D eigenvalue weighted by Crippen LogP contribution is 2.33. The summed E-state index contributed by atoms with van der Waals surface area (Å²) in [5.74, 6) is 0. The number of aromatic nitrogens is 3. The Kier molecular flexibility index (Phi) is 2.89. The van der Waals surface area contributed by atoms with Crippen molar-refractivity contribution in [1.29, 1.82) is 0 Å². The van der Waals surface area contributed by atoms with E-state index in [1.54, 1.807) is 0 Å². The second kappa shape index (κ2) is 4.12. The topological polar surface area (TPSA) is 56.7 Å². The van der Waals surface area contributed by atoms with Crippen molar-refractivity contribution in [2.75, 3.05) is 5.73 Å². The molecule has 2 N–H and O–H groups in total. The lowest BCUT2D eigenvalue weighted by Gasteiger charge is -2.17. The molecule has 0 amide bonds. The number of hydrogen-bond acceptors (Lipinski definition) is 3. The van der Waals surface area contributed by atoms with Gasteiger partial charge in [-0.25, -0.2) is 0 Å². The molecule has 18 heavy (non-hydrogen) atoms. The summed E-state index contributed by atoms with van der Waals surface area (Å²) in [5.41, 5.74) is 10.7. The summed E-state index contributed by atoms with van der Waals surface area (Å²) in [6.45, 7) is 8.41. The van der Waals surface area contributed by atoms with Crippen LogP contribution in [0.4, 0.5) is 5.69 Å². The zero-order chi connectivity index (χ0) is 13.5.